The van der Waals surface area contributed by atoms with Crippen molar-refractivity contribution in [2.45, 2.75) is 46.5 Å². The van der Waals surface area contributed by atoms with E-state index < -0.39 is 0 Å². The molecule has 0 aliphatic rings. The molecule has 0 bridgehead atoms. The number of benzene rings is 1. The molecule has 0 saturated heterocycles. The van der Waals surface area contributed by atoms with Gasteiger partial charge in [0.2, 0.25) is 0 Å². The van der Waals surface area contributed by atoms with Crippen LogP contribution in [0.2, 0.25) is 0 Å². The van der Waals surface area contributed by atoms with E-state index in [4.69, 9.17) is 4.74 Å². The lowest BCUT2D eigenvalue weighted by Crippen LogP contribution is -2.21. The van der Waals surface area contributed by atoms with Crippen LogP contribution in [0.3, 0.4) is 0 Å². The lowest BCUT2D eigenvalue weighted by Gasteiger charge is -2.11. The molecule has 0 amide bonds. The molecule has 0 spiro atoms. The maximum absolute atomic E-state index is 13.6. The number of imidazole rings is 1. The van der Waals surface area contributed by atoms with Crippen LogP contribution in [0.1, 0.15) is 32.0 Å². The second-order valence-corrected chi connectivity index (χ2v) is 5.29. The van der Waals surface area contributed by atoms with Gasteiger partial charge >= 0.3 is 0 Å². The molecule has 0 aliphatic carbocycles. The standard InChI is InChI=1S/C16H22FN3O/c1-4-20-11-18-9-15(20)10-21-16-6-13(5-14(17)7-16)8-19-12(2)3/h5-7,9,11-12,19H,4,8,10H2,1-3H3. The molecule has 1 aromatic heterocycles. The zero-order valence-electron chi connectivity index (χ0n) is 12.8. The second-order valence-electron chi connectivity index (χ2n) is 5.29. The van der Waals surface area contributed by atoms with Gasteiger partial charge in [-0.15, -0.1) is 0 Å². The quantitative estimate of drug-likeness (QED) is 0.852. The summed E-state index contributed by atoms with van der Waals surface area (Å²) in [5, 5.41) is 3.27. The van der Waals surface area contributed by atoms with Crippen LogP contribution in [0.25, 0.3) is 0 Å². The van der Waals surface area contributed by atoms with E-state index in [9.17, 15) is 4.39 Å². The SMILES string of the molecule is CCn1cncc1COc1cc(F)cc(CNC(C)C)c1. The minimum Gasteiger partial charge on any atom is -0.487 e. The first-order valence-electron chi connectivity index (χ1n) is 7.23. The van der Waals surface area contributed by atoms with Crippen molar-refractivity contribution in [2.24, 2.45) is 0 Å². The van der Waals surface area contributed by atoms with Crippen molar-refractivity contribution < 1.29 is 9.13 Å². The molecule has 0 unspecified atom stereocenters. The van der Waals surface area contributed by atoms with E-state index in [0.29, 0.717) is 24.9 Å². The van der Waals surface area contributed by atoms with E-state index in [2.05, 4.69) is 24.1 Å². The highest BCUT2D eigenvalue weighted by molar-refractivity contribution is 5.29. The van der Waals surface area contributed by atoms with Gasteiger partial charge in [-0.3, -0.25) is 0 Å². The summed E-state index contributed by atoms with van der Waals surface area (Å²) in [5.41, 5.74) is 1.85. The van der Waals surface area contributed by atoms with Gasteiger partial charge in [-0.05, 0) is 24.6 Å². The van der Waals surface area contributed by atoms with E-state index in [1.165, 1.54) is 12.1 Å². The summed E-state index contributed by atoms with van der Waals surface area (Å²) in [7, 11) is 0. The van der Waals surface area contributed by atoms with Crippen molar-refractivity contribution in [3.05, 3.63) is 47.8 Å². The summed E-state index contributed by atoms with van der Waals surface area (Å²) >= 11 is 0. The first kappa shape index (κ1) is 15.5. The van der Waals surface area contributed by atoms with Gasteiger partial charge in [-0.1, -0.05) is 13.8 Å². The molecule has 0 saturated carbocycles. The summed E-state index contributed by atoms with van der Waals surface area (Å²) in [5.74, 6) is 0.261. The zero-order valence-corrected chi connectivity index (χ0v) is 12.8. The van der Waals surface area contributed by atoms with E-state index in [1.54, 1.807) is 12.5 Å². The Bertz CT molecular complexity index is 581. The first-order chi connectivity index (χ1) is 10.1. The number of hydrogen-bond acceptors (Lipinski definition) is 3. The predicted molar refractivity (Wildman–Crippen MR) is 80.6 cm³/mol. The summed E-state index contributed by atoms with van der Waals surface area (Å²) in [4.78, 5) is 4.09. The van der Waals surface area contributed by atoms with Crippen LogP contribution in [0.4, 0.5) is 4.39 Å². The van der Waals surface area contributed by atoms with Crippen LogP contribution >= 0.6 is 0 Å². The fourth-order valence-electron chi connectivity index (χ4n) is 2.04. The monoisotopic (exact) mass is 291 g/mol. The Kier molecular flexibility index (Phi) is 5.33. The van der Waals surface area contributed by atoms with Gasteiger partial charge in [0, 0.05) is 25.2 Å². The molecule has 0 atom stereocenters. The third-order valence-electron chi connectivity index (χ3n) is 3.17. The summed E-state index contributed by atoms with van der Waals surface area (Å²) in [6, 6.07) is 5.16. The number of aryl methyl sites for hydroxylation is 1. The van der Waals surface area contributed by atoms with E-state index in [-0.39, 0.29) is 5.82 Å². The van der Waals surface area contributed by atoms with Gasteiger partial charge in [0.15, 0.2) is 0 Å². The average molecular weight is 291 g/mol. The molecule has 2 rings (SSSR count). The van der Waals surface area contributed by atoms with E-state index in [0.717, 1.165) is 17.8 Å². The molecule has 1 aromatic carbocycles. The van der Waals surface area contributed by atoms with Crippen LogP contribution < -0.4 is 10.1 Å². The van der Waals surface area contributed by atoms with Crippen LogP contribution in [0, 0.1) is 5.82 Å². The maximum Gasteiger partial charge on any atom is 0.130 e. The lowest BCUT2D eigenvalue weighted by atomic mass is 10.2. The molecule has 1 heterocycles. The number of nitrogens with one attached hydrogen (secondary N) is 1. The van der Waals surface area contributed by atoms with Gasteiger partial charge in [-0.25, -0.2) is 9.37 Å². The van der Waals surface area contributed by atoms with Crippen molar-refractivity contribution in [3.63, 3.8) is 0 Å². The Balaban J connectivity index is 2.02. The highest BCUT2D eigenvalue weighted by Gasteiger charge is 2.05. The molecule has 0 aliphatic heterocycles. The number of ether oxygens (including phenoxy) is 1. The molecule has 0 radical (unpaired) electrons. The molecule has 2 aromatic rings. The Morgan fingerprint density at radius 2 is 2.14 bits per heavy atom. The van der Waals surface area contributed by atoms with Crippen molar-refractivity contribution in [2.75, 3.05) is 0 Å². The molecule has 0 fully saturated rings. The van der Waals surface area contributed by atoms with Crippen molar-refractivity contribution in [1.29, 1.82) is 0 Å². The number of rotatable bonds is 7. The lowest BCUT2D eigenvalue weighted by molar-refractivity contribution is 0.293. The highest BCUT2D eigenvalue weighted by Crippen LogP contribution is 2.18. The van der Waals surface area contributed by atoms with Gasteiger partial charge in [-0.2, -0.15) is 0 Å². The maximum atomic E-state index is 13.6. The number of aromatic nitrogens is 2. The van der Waals surface area contributed by atoms with Crippen LogP contribution in [-0.4, -0.2) is 15.6 Å². The first-order valence-corrected chi connectivity index (χ1v) is 7.23. The van der Waals surface area contributed by atoms with E-state index in [1.807, 2.05) is 17.6 Å². The highest BCUT2D eigenvalue weighted by atomic mass is 19.1. The topological polar surface area (TPSA) is 39.1 Å². The van der Waals surface area contributed by atoms with Gasteiger partial charge < -0.3 is 14.6 Å². The largest absolute Gasteiger partial charge is 0.487 e. The zero-order chi connectivity index (χ0) is 15.2. The smallest absolute Gasteiger partial charge is 0.130 e. The number of halogens is 1. The van der Waals surface area contributed by atoms with Crippen molar-refractivity contribution in [3.8, 4) is 5.75 Å². The molecule has 5 heteroatoms. The average Bonchev–Trinajstić information content (AvgIpc) is 2.90. The van der Waals surface area contributed by atoms with Crippen LogP contribution in [0.5, 0.6) is 5.75 Å². The Morgan fingerprint density at radius 3 is 2.86 bits per heavy atom. The normalized spacial score (nSPS) is 11.1. The summed E-state index contributed by atoms with van der Waals surface area (Å²) in [6.07, 6.45) is 3.53. The fourth-order valence-corrected chi connectivity index (χ4v) is 2.04. The molecule has 21 heavy (non-hydrogen) atoms. The number of nitrogens with zero attached hydrogens (tertiary/aromatic N) is 2. The fraction of sp³-hybridized carbons (Fsp3) is 0.438. The Labute approximate surface area is 125 Å². The molecule has 114 valence electrons. The number of hydrogen-bond donors (Lipinski definition) is 1. The minimum atomic E-state index is -0.281. The van der Waals surface area contributed by atoms with Crippen LogP contribution in [-0.2, 0) is 19.7 Å². The van der Waals surface area contributed by atoms with Crippen molar-refractivity contribution >= 4 is 0 Å². The summed E-state index contributed by atoms with van der Waals surface area (Å²) < 4.78 is 21.3. The molecular weight excluding hydrogens is 269 g/mol. The Morgan fingerprint density at radius 1 is 1.33 bits per heavy atom. The minimum absolute atomic E-state index is 0.281. The molecule has 1 N–H and O–H groups in total. The third-order valence-corrected chi connectivity index (χ3v) is 3.17. The molecular formula is C16H22FN3O. The third kappa shape index (κ3) is 4.56. The molecule has 4 nitrogen and oxygen atoms in total. The van der Waals surface area contributed by atoms with Crippen molar-refractivity contribution in [1.82, 2.24) is 14.9 Å². The van der Waals surface area contributed by atoms with E-state index >= 15 is 0 Å². The Hall–Kier alpha value is -1.88. The predicted octanol–water partition coefficient (Wildman–Crippen LogP) is 3.12. The van der Waals surface area contributed by atoms with Gasteiger partial charge in [0.05, 0.1) is 18.2 Å². The van der Waals surface area contributed by atoms with Gasteiger partial charge in [0.1, 0.15) is 18.2 Å². The second kappa shape index (κ2) is 7.22. The van der Waals surface area contributed by atoms with Crippen LogP contribution in [0.15, 0.2) is 30.7 Å². The summed E-state index contributed by atoms with van der Waals surface area (Å²) in [6.45, 7) is 8.01. The van der Waals surface area contributed by atoms with Gasteiger partial charge in [0.25, 0.3) is 0 Å².